The maximum atomic E-state index is 5.28. The lowest BCUT2D eigenvalue weighted by Gasteiger charge is -2.16. The lowest BCUT2D eigenvalue weighted by Crippen LogP contribution is -2.32. The first-order valence-corrected chi connectivity index (χ1v) is 7.45. The molecule has 18 heavy (non-hydrogen) atoms. The van der Waals surface area contributed by atoms with Gasteiger partial charge in [0, 0.05) is 19.7 Å². The summed E-state index contributed by atoms with van der Waals surface area (Å²) in [5.41, 5.74) is 1.20. The van der Waals surface area contributed by atoms with Gasteiger partial charge in [0.2, 0.25) is 0 Å². The second kappa shape index (κ2) is 8.15. The van der Waals surface area contributed by atoms with Crippen LogP contribution in [0.25, 0.3) is 0 Å². The lowest BCUT2D eigenvalue weighted by atomic mass is 10.2. The maximum absolute atomic E-state index is 5.28. The zero-order valence-corrected chi connectivity index (χ0v) is 14.1. The molecule has 1 N–H and O–H groups in total. The predicted molar refractivity (Wildman–Crippen MR) is 81.2 cm³/mol. The highest BCUT2D eigenvalue weighted by molar-refractivity contribution is 9.11. The van der Waals surface area contributed by atoms with E-state index in [0.717, 1.165) is 34.3 Å². The summed E-state index contributed by atoms with van der Waals surface area (Å²) in [5, 5.41) is 3.47. The number of hydrogen-bond acceptors (Lipinski definition) is 3. The van der Waals surface area contributed by atoms with Crippen molar-refractivity contribution in [1.82, 2.24) is 5.32 Å². The number of benzene rings is 1. The molecule has 1 aromatic rings. The van der Waals surface area contributed by atoms with E-state index < -0.39 is 0 Å². The van der Waals surface area contributed by atoms with Gasteiger partial charge in [-0.2, -0.15) is 0 Å². The van der Waals surface area contributed by atoms with Crippen molar-refractivity contribution in [1.29, 1.82) is 0 Å². The molecule has 0 aliphatic heterocycles. The molecule has 0 heterocycles. The Morgan fingerprint density at radius 1 is 1.22 bits per heavy atom. The van der Waals surface area contributed by atoms with Crippen molar-refractivity contribution >= 4 is 31.9 Å². The van der Waals surface area contributed by atoms with Gasteiger partial charge in [0.1, 0.15) is 5.75 Å². The third-order valence-electron chi connectivity index (χ3n) is 2.72. The summed E-state index contributed by atoms with van der Waals surface area (Å²) in [7, 11) is 3.39. The summed E-state index contributed by atoms with van der Waals surface area (Å²) in [6.45, 7) is 3.69. The van der Waals surface area contributed by atoms with Crippen molar-refractivity contribution in [3.05, 3.63) is 26.6 Å². The Kier molecular flexibility index (Phi) is 7.22. The largest absolute Gasteiger partial charge is 0.494 e. The fourth-order valence-electron chi connectivity index (χ4n) is 1.69. The van der Waals surface area contributed by atoms with E-state index in [9.17, 15) is 0 Å². The zero-order valence-electron chi connectivity index (χ0n) is 10.9. The van der Waals surface area contributed by atoms with Gasteiger partial charge in [0.15, 0.2) is 0 Å². The molecule has 0 fully saturated rings. The quantitative estimate of drug-likeness (QED) is 0.781. The average Bonchev–Trinajstić information content (AvgIpc) is 2.34. The van der Waals surface area contributed by atoms with E-state index in [1.54, 1.807) is 14.2 Å². The molecular formula is C13H19Br2NO2. The Labute approximate surface area is 125 Å². The van der Waals surface area contributed by atoms with Crippen molar-refractivity contribution in [2.24, 2.45) is 0 Å². The van der Waals surface area contributed by atoms with Crippen molar-refractivity contribution < 1.29 is 9.47 Å². The molecule has 0 bridgehead atoms. The van der Waals surface area contributed by atoms with E-state index in [4.69, 9.17) is 9.47 Å². The monoisotopic (exact) mass is 379 g/mol. The summed E-state index contributed by atoms with van der Waals surface area (Å²) >= 11 is 7.01. The zero-order chi connectivity index (χ0) is 13.5. The number of nitrogens with one attached hydrogen (secondary N) is 1. The molecule has 0 aromatic heterocycles. The first-order valence-electron chi connectivity index (χ1n) is 5.86. The van der Waals surface area contributed by atoms with Crippen LogP contribution in [-0.2, 0) is 11.3 Å². The molecule has 5 heteroatoms. The minimum absolute atomic E-state index is 0.384. The van der Waals surface area contributed by atoms with Gasteiger partial charge in [-0.15, -0.1) is 0 Å². The average molecular weight is 381 g/mol. The summed E-state index contributed by atoms with van der Waals surface area (Å²) < 4.78 is 12.4. The van der Waals surface area contributed by atoms with Gasteiger partial charge in [0.25, 0.3) is 0 Å². The van der Waals surface area contributed by atoms with Gasteiger partial charge < -0.3 is 14.8 Å². The molecule has 102 valence electrons. The summed E-state index contributed by atoms with van der Waals surface area (Å²) in [4.78, 5) is 0. The number of ether oxygens (including phenoxy) is 2. The first-order chi connectivity index (χ1) is 8.62. The van der Waals surface area contributed by atoms with Crippen LogP contribution in [-0.4, -0.2) is 26.9 Å². The van der Waals surface area contributed by atoms with Crippen LogP contribution in [0.3, 0.4) is 0 Å². The maximum Gasteiger partial charge on any atom is 0.147 e. The molecule has 0 spiro atoms. The van der Waals surface area contributed by atoms with Gasteiger partial charge >= 0.3 is 0 Å². The van der Waals surface area contributed by atoms with Crippen LogP contribution < -0.4 is 10.1 Å². The van der Waals surface area contributed by atoms with Gasteiger partial charge in [-0.3, -0.25) is 0 Å². The first kappa shape index (κ1) is 16.0. The van der Waals surface area contributed by atoms with Crippen molar-refractivity contribution in [3.8, 4) is 5.75 Å². The lowest BCUT2D eigenvalue weighted by molar-refractivity contribution is 0.164. The molecule has 1 aromatic carbocycles. The molecule has 0 amide bonds. The Morgan fingerprint density at radius 2 is 1.83 bits per heavy atom. The molecule has 3 nitrogen and oxygen atoms in total. The highest BCUT2D eigenvalue weighted by Crippen LogP contribution is 2.34. The predicted octanol–water partition coefficient (Wildman–Crippen LogP) is 3.73. The number of methoxy groups -OCH3 is 2. The molecule has 0 saturated heterocycles. The van der Waals surface area contributed by atoms with Gasteiger partial charge in [0.05, 0.1) is 22.7 Å². The van der Waals surface area contributed by atoms with Gasteiger partial charge in [-0.25, -0.2) is 0 Å². The molecule has 0 radical (unpaired) electrons. The topological polar surface area (TPSA) is 30.5 Å². The van der Waals surface area contributed by atoms with Crippen molar-refractivity contribution in [2.45, 2.75) is 25.9 Å². The van der Waals surface area contributed by atoms with Crippen LogP contribution in [0.2, 0.25) is 0 Å². The Hall–Kier alpha value is -0.100. The molecule has 0 aliphatic rings. The Bertz CT molecular complexity index is 362. The highest BCUT2D eigenvalue weighted by atomic mass is 79.9. The van der Waals surface area contributed by atoms with Crippen molar-refractivity contribution in [2.75, 3.05) is 20.8 Å². The van der Waals surface area contributed by atoms with E-state index in [1.165, 1.54) is 5.56 Å². The van der Waals surface area contributed by atoms with E-state index in [0.29, 0.717) is 6.04 Å². The van der Waals surface area contributed by atoms with Crippen LogP contribution in [0.5, 0.6) is 5.75 Å². The Morgan fingerprint density at radius 3 is 2.28 bits per heavy atom. The summed E-state index contributed by atoms with van der Waals surface area (Å²) in [5.74, 6) is 0.822. The number of rotatable bonds is 7. The van der Waals surface area contributed by atoms with E-state index in [-0.39, 0.29) is 0 Å². The number of hydrogen-bond donors (Lipinski definition) is 1. The van der Waals surface area contributed by atoms with Crippen LogP contribution in [0.15, 0.2) is 21.1 Å². The van der Waals surface area contributed by atoms with Crippen LogP contribution in [0, 0.1) is 0 Å². The molecule has 0 aliphatic carbocycles. The van der Waals surface area contributed by atoms with E-state index in [2.05, 4.69) is 56.2 Å². The fourth-order valence-corrected chi connectivity index (χ4v) is 3.30. The van der Waals surface area contributed by atoms with E-state index in [1.807, 2.05) is 0 Å². The van der Waals surface area contributed by atoms with Gasteiger partial charge in [-0.1, -0.05) is 6.92 Å². The van der Waals surface area contributed by atoms with Crippen LogP contribution in [0.4, 0.5) is 0 Å². The third kappa shape index (κ3) is 4.53. The molecule has 0 saturated carbocycles. The van der Waals surface area contributed by atoms with Crippen LogP contribution >= 0.6 is 31.9 Å². The fraction of sp³-hybridized carbons (Fsp3) is 0.538. The third-order valence-corrected chi connectivity index (χ3v) is 3.90. The normalized spacial score (nSPS) is 12.5. The molecular weight excluding hydrogens is 362 g/mol. The number of halogens is 2. The Balaban J connectivity index is 2.68. The second-order valence-electron chi connectivity index (χ2n) is 4.03. The molecule has 1 unspecified atom stereocenters. The minimum Gasteiger partial charge on any atom is -0.494 e. The summed E-state index contributed by atoms with van der Waals surface area (Å²) in [6.07, 6.45) is 1.05. The summed E-state index contributed by atoms with van der Waals surface area (Å²) in [6, 6.07) is 4.52. The second-order valence-corrected chi connectivity index (χ2v) is 5.74. The van der Waals surface area contributed by atoms with E-state index >= 15 is 0 Å². The standard InChI is InChI=1S/C13H19Br2NO2/c1-4-10(8-17-2)16-7-9-5-11(14)13(18-3)12(15)6-9/h5-6,10,16H,4,7-8H2,1-3H3. The van der Waals surface area contributed by atoms with Crippen molar-refractivity contribution in [3.63, 3.8) is 0 Å². The molecule has 1 atom stereocenters. The SMILES string of the molecule is CCC(COC)NCc1cc(Br)c(OC)c(Br)c1. The highest BCUT2D eigenvalue weighted by Gasteiger charge is 2.09. The van der Waals surface area contributed by atoms with Crippen LogP contribution in [0.1, 0.15) is 18.9 Å². The van der Waals surface area contributed by atoms with Gasteiger partial charge in [-0.05, 0) is 56.0 Å². The minimum atomic E-state index is 0.384. The molecule has 1 rings (SSSR count). The smallest absolute Gasteiger partial charge is 0.147 e.